The molecule has 0 saturated heterocycles. The molecule has 504 valence electrons. The van der Waals surface area contributed by atoms with Crippen LogP contribution in [0.25, 0.3) is 0 Å². The molecule has 0 aromatic rings. The maximum absolute atomic E-state index is 12.4. The van der Waals surface area contributed by atoms with E-state index in [0.717, 1.165) is 116 Å². The van der Waals surface area contributed by atoms with Crippen LogP contribution in [0.3, 0.4) is 0 Å². The van der Waals surface area contributed by atoms with E-state index in [4.69, 9.17) is 9.47 Å². The summed E-state index contributed by atoms with van der Waals surface area (Å²) in [5.41, 5.74) is 0. The zero-order valence-electron chi connectivity index (χ0n) is 58.0. The standard InChI is InChI=1S/C83H142O5/c1-3-5-7-9-11-13-15-17-19-21-23-25-27-29-31-33-35-37-39-41-43-45-47-49-51-53-55-57-59-61-63-65-67-69-71-73-75-77-82(85)87-80-81(79-84)88-83(86)78-76-74-72-70-68-66-64-62-60-58-56-54-52-50-48-46-44-42-40-38-36-34-32-30-28-26-24-22-20-18-16-14-12-10-8-6-4-2/h6,8,12,14,18,20,24,26,30,32,36,38,42,44,48,50,54,56,60,62,66,68,81,84H,3-5,7,9-11,13,15-17,19,21-23,25,27-29,31,33-35,37,39-41,43,45-47,49,51-53,55,57-59,61,63-65,67,69-80H2,1-2H3/b8-6-,14-12-,20-18-,26-24-,32-30-,38-36-,44-42-,50-48-,56-54-,62-60-,68-66-. The van der Waals surface area contributed by atoms with Crippen molar-refractivity contribution < 1.29 is 24.2 Å². The molecule has 88 heavy (non-hydrogen) atoms. The quantitative estimate of drug-likeness (QED) is 0.0373. The summed E-state index contributed by atoms with van der Waals surface area (Å²) in [4.78, 5) is 24.7. The summed E-state index contributed by atoms with van der Waals surface area (Å²) >= 11 is 0. The number of aliphatic hydroxyl groups is 1. The van der Waals surface area contributed by atoms with Crippen LogP contribution < -0.4 is 0 Å². The second-order valence-electron chi connectivity index (χ2n) is 25.0. The van der Waals surface area contributed by atoms with E-state index in [1.165, 1.54) is 218 Å². The number of esters is 2. The Kier molecular flexibility index (Phi) is 73.8. The van der Waals surface area contributed by atoms with Crippen LogP contribution in [0.5, 0.6) is 0 Å². The Bertz CT molecular complexity index is 1770. The number of hydrogen-bond donors (Lipinski definition) is 1. The van der Waals surface area contributed by atoms with Gasteiger partial charge in [-0.2, -0.15) is 0 Å². The second kappa shape index (κ2) is 77.3. The fraction of sp³-hybridized carbons (Fsp3) is 0.711. The number of carbonyl (C=O) groups is 2. The average Bonchev–Trinajstić information content (AvgIpc) is 3.55. The van der Waals surface area contributed by atoms with Crippen LogP contribution in [-0.2, 0) is 19.1 Å². The van der Waals surface area contributed by atoms with Crippen LogP contribution in [0, 0.1) is 0 Å². The minimum Gasteiger partial charge on any atom is -0.462 e. The Labute approximate surface area is 546 Å². The fourth-order valence-electron chi connectivity index (χ4n) is 10.9. The Balaban J connectivity index is 3.53. The van der Waals surface area contributed by atoms with Crippen LogP contribution in [0.1, 0.15) is 361 Å². The van der Waals surface area contributed by atoms with E-state index in [1.54, 1.807) is 0 Å². The minimum absolute atomic E-state index is 0.0839. The van der Waals surface area contributed by atoms with Gasteiger partial charge in [-0.3, -0.25) is 9.59 Å². The van der Waals surface area contributed by atoms with E-state index in [1.807, 2.05) is 0 Å². The van der Waals surface area contributed by atoms with Crippen molar-refractivity contribution in [1.82, 2.24) is 0 Å². The first kappa shape index (κ1) is 84.0. The van der Waals surface area contributed by atoms with Gasteiger partial charge < -0.3 is 14.6 Å². The van der Waals surface area contributed by atoms with Gasteiger partial charge in [-0.05, 0) is 96.3 Å². The molecule has 0 spiro atoms. The third-order valence-electron chi connectivity index (χ3n) is 16.5. The van der Waals surface area contributed by atoms with E-state index in [-0.39, 0.29) is 25.2 Å². The molecule has 1 N–H and O–H groups in total. The molecule has 0 bridgehead atoms. The molecular formula is C83H142O5. The van der Waals surface area contributed by atoms with E-state index in [9.17, 15) is 14.7 Å². The summed E-state index contributed by atoms with van der Waals surface area (Å²) < 4.78 is 10.7. The lowest BCUT2D eigenvalue weighted by molar-refractivity contribution is -0.161. The van der Waals surface area contributed by atoms with Gasteiger partial charge in [0.25, 0.3) is 0 Å². The third kappa shape index (κ3) is 74.5. The normalized spacial score (nSPS) is 13.0. The van der Waals surface area contributed by atoms with Crippen molar-refractivity contribution >= 4 is 11.9 Å². The van der Waals surface area contributed by atoms with E-state index in [0.29, 0.717) is 12.8 Å². The van der Waals surface area contributed by atoms with Gasteiger partial charge in [-0.15, -0.1) is 0 Å². The van der Waals surface area contributed by atoms with Crippen LogP contribution in [0.4, 0.5) is 0 Å². The molecule has 5 heteroatoms. The highest BCUT2D eigenvalue weighted by atomic mass is 16.6. The van der Waals surface area contributed by atoms with Crippen LogP contribution in [0.15, 0.2) is 134 Å². The molecule has 0 saturated carbocycles. The molecule has 0 radical (unpaired) electrons. The summed E-state index contributed by atoms with van der Waals surface area (Å²) in [7, 11) is 0. The van der Waals surface area contributed by atoms with Gasteiger partial charge >= 0.3 is 11.9 Å². The van der Waals surface area contributed by atoms with Gasteiger partial charge in [-0.1, -0.05) is 385 Å². The van der Waals surface area contributed by atoms with Crippen molar-refractivity contribution in [2.24, 2.45) is 0 Å². The molecule has 0 aromatic heterocycles. The molecule has 0 heterocycles. The smallest absolute Gasteiger partial charge is 0.306 e. The Morgan fingerprint density at radius 1 is 0.273 bits per heavy atom. The highest BCUT2D eigenvalue weighted by molar-refractivity contribution is 5.70. The second-order valence-corrected chi connectivity index (χ2v) is 25.0. The first-order chi connectivity index (χ1) is 43.6. The summed E-state index contributed by atoms with van der Waals surface area (Å²) in [6.07, 6.45) is 115. The predicted octanol–water partition coefficient (Wildman–Crippen LogP) is 26.7. The molecule has 0 aliphatic carbocycles. The first-order valence-electron chi connectivity index (χ1n) is 37.7. The molecular weight excluding hydrogens is 1080 g/mol. The summed E-state index contributed by atoms with van der Waals surface area (Å²) in [5.74, 6) is -0.624. The number of allylic oxidation sites excluding steroid dienone is 22. The first-order valence-corrected chi connectivity index (χ1v) is 37.7. The Morgan fingerprint density at radius 3 is 0.739 bits per heavy atom. The van der Waals surface area contributed by atoms with Crippen molar-refractivity contribution in [2.75, 3.05) is 13.2 Å². The van der Waals surface area contributed by atoms with Gasteiger partial charge in [0.05, 0.1) is 6.61 Å². The molecule has 0 fully saturated rings. The average molecular weight is 1220 g/mol. The highest BCUT2D eigenvalue weighted by Gasteiger charge is 2.16. The number of carbonyl (C=O) groups excluding carboxylic acids is 2. The topological polar surface area (TPSA) is 72.8 Å². The molecule has 0 rings (SSSR count). The number of ether oxygens (including phenoxy) is 2. The van der Waals surface area contributed by atoms with Gasteiger partial charge in [0.2, 0.25) is 0 Å². The van der Waals surface area contributed by atoms with Crippen LogP contribution >= 0.6 is 0 Å². The maximum atomic E-state index is 12.4. The van der Waals surface area contributed by atoms with Crippen molar-refractivity contribution in [3.63, 3.8) is 0 Å². The molecule has 5 nitrogen and oxygen atoms in total. The molecule has 0 aliphatic heterocycles. The maximum Gasteiger partial charge on any atom is 0.306 e. The largest absolute Gasteiger partial charge is 0.462 e. The Morgan fingerprint density at radius 2 is 0.489 bits per heavy atom. The van der Waals surface area contributed by atoms with Crippen molar-refractivity contribution in [2.45, 2.75) is 367 Å². The number of hydrogen-bond acceptors (Lipinski definition) is 5. The highest BCUT2D eigenvalue weighted by Crippen LogP contribution is 2.18. The number of rotatable bonds is 69. The molecule has 0 amide bonds. The van der Waals surface area contributed by atoms with Gasteiger partial charge in [0, 0.05) is 12.8 Å². The fourth-order valence-corrected chi connectivity index (χ4v) is 10.9. The van der Waals surface area contributed by atoms with Crippen molar-refractivity contribution in [3.05, 3.63) is 134 Å². The lowest BCUT2D eigenvalue weighted by Gasteiger charge is -2.15. The summed E-state index contributed by atoms with van der Waals surface area (Å²) in [6.45, 7) is 4.04. The van der Waals surface area contributed by atoms with E-state index in [2.05, 4.69) is 148 Å². The van der Waals surface area contributed by atoms with Gasteiger partial charge in [0.15, 0.2) is 6.10 Å². The van der Waals surface area contributed by atoms with Crippen molar-refractivity contribution in [3.8, 4) is 0 Å². The lowest BCUT2D eigenvalue weighted by atomic mass is 10.0. The van der Waals surface area contributed by atoms with Crippen molar-refractivity contribution in [1.29, 1.82) is 0 Å². The SMILES string of the molecule is CC/C=C\C/C=C\C/C=C\C/C=C\C/C=C\C/C=C\C/C=C\C/C=C\C/C=C\C/C=C\C/C=C\CCCCCC(=O)OC(CO)COC(=O)CCCCCCCCCCCCCCCCCCCCCCCCCCCCCCCCCCCCCCC. The zero-order valence-corrected chi connectivity index (χ0v) is 58.0. The van der Waals surface area contributed by atoms with E-state index >= 15 is 0 Å². The Hall–Kier alpha value is -3.96. The molecule has 1 unspecified atom stereocenters. The zero-order chi connectivity index (χ0) is 63.3. The molecule has 1 atom stereocenters. The summed E-state index contributed by atoms with van der Waals surface area (Å²) in [5, 5.41) is 9.71. The van der Waals surface area contributed by atoms with Gasteiger partial charge in [0.1, 0.15) is 6.61 Å². The molecule has 0 aromatic carbocycles. The minimum atomic E-state index is -0.800. The molecule has 0 aliphatic rings. The number of aliphatic hydroxyl groups excluding tert-OH is 1. The van der Waals surface area contributed by atoms with Crippen LogP contribution in [-0.4, -0.2) is 36.4 Å². The predicted molar refractivity (Wildman–Crippen MR) is 389 cm³/mol. The van der Waals surface area contributed by atoms with Crippen LogP contribution in [0.2, 0.25) is 0 Å². The summed E-state index contributed by atoms with van der Waals surface area (Å²) in [6, 6.07) is 0. The monoisotopic (exact) mass is 1220 g/mol. The third-order valence-corrected chi connectivity index (χ3v) is 16.5. The number of unbranched alkanes of at least 4 members (excludes halogenated alkanes) is 39. The lowest BCUT2D eigenvalue weighted by Crippen LogP contribution is -2.28. The van der Waals surface area contributed by atoms with E-state index < -0.39 is 6.10 Å². The van der Waals surface area contributed by atoms with Gasteiger partial charge in [-0.25, -0.2) is 0 Å².